The van der Waals surface area contributed by atoms with E-state index in [-0.39, 0.29) is 0 Å². The van der Waals surface area contributed by atoms with Crippen molar-refractivity contribution in [3.05, 3.63) is 34.6 Å². The van der Waals surface area contributed by atoms with E-state index in [2.05, 4.69) is 32.2 Å². The van der Waals surface area contributed by atoms with Crippen LogP contribution in [0.2, 0.25) is 0 Å². The van der Waals surface area contributed by atoms with Crippen LogP contribution >= 0.6 is 15.9 Å². The fourth-order valence-corrected chi connectivity index (χ4v) is 1.43. The Morgan fingerprint density at radius 1 is 1.69 bits per heavy atom. The molecule has 0 amide bonds. The summed E-state index contributed by atoms with van der Waals surface area (Å²) in [6, 6.07) is 0. The minimum absolute atomic E-state index is 0.399. The van der Waals surface area contributed by atoms with Gasteiger partial charge in [-0.05, 0) is 15.9 Å². The van der Waals surface area contributed by atoms with Gasteiger partial charge in [-0.15, -0.1) is 0 Å². The topological polar surface area (TPSA) is 39.2 Å². The largest absolute Gasteiger partial charge is 0.465 e. The Balaban J connectivity index is 3.30. The van der Waals surface area contributed by atoms with Gasteiger partial charge in [0.15, 0.2) is 0 Å². The summed E-state index contributed by atoms with van der Waals surface area (Å²) in [6.45, 7) is 3.58. The van der Waals surface area contributed by atoms with Crippen LogP contribution in [-0.2, 0) is 4.74 Å². The third kappa shape index (κ3) is 1.95. The van der Waals surface area contributed by atoms with Crippen molar-refractivity contribution >= 4 is 28.0 Å². The molecule has 68 valence electrons. The second kappa shape index (κ2) is 4.18. The van der Waals surface area contributed by atoms with E-state index >= 15 is 0 Å². The van der Waals surface area contributed by atoms with Crippen LogP contribution in [0.15, 0.2) is 23.4 Å². The van der Waals surface area contributed by atoms with Crippen molar-refractivity contribution in [2.24, 2.45) is 0 Å². The molecular weight excluding hydrogens is 234 g/mol. The monoisotopic (exact) mass is 241 g/mol. The molecule has 0 fully saturated rings. The van der Waals surface area contributed by atoms with Crippen LogP contribution in [0.4, 0.5) is 0 Å². The molecule has 0 atom stereocenters. The van der Waals surface area contributed by atoms with E-state index in [1.54, 1.807) is 18.5 Å². The fraction of sp³-hybridized carbons (Fsp3) is 0.111. The summed E-state index contributed by atoms with van der Waals surface area (Å²) in [7, 11) is 1.34. The summed E-state index contributed by atoms with van der Waals surface area (Å²) < 4.78 is 5.22. The lowest BCUT2D eigenvalue weighted by Crippen LogP contribution is -2.05. The van der Waals surface area contributed by atoms with E-state index in [0.717, 1.165) is 0 Å². The van der Waals surface area contributed by atoms with Gasteiger partial charge in [0, 0.05) is 18.0 Å². The van der Waals surface area contributed by atoms with Crippen LogP contribution in [0.1, 0.15) is 15.9 Å². The van der Waals surface area contributed by atoms with Gasteiger partial charge in [0.05, 0.1) is 17.1 Å². The van der Waals surface area contributed by atoms with Crippen molar-refractivity contribution in [3.8, 4) is 0 Å². The summed E-state index contributed by atoms with van der Waals surface area (Å²) >= 11 is 3.22. The maximum Gasteiger partial charge on any atom is 0.339 e. The van der Waals surface area contributed by atoms with Crippen LogP contribution in [0, 0.1) is 0 Å². The molecular formula is C9H8BrNO2. The first-order valence-electron chi connectivity index (χ1n) is 3.55. The summed E-state index contributed by atoms with van der Waals surface area (Å²) in [5, 5.41) is 0. The second-order valence-corrected chi connectivity index (χ2v) is 3.14. The van der Waals surface area contributed by atoms with Crippen LogP contribution in [0.3, 0.4) is 0 Å². The lowest BCUT2D eigenvalue weighted by molar-refractivity contribution is 0.0599. The number of aromatic nitrogens is 1. The van der Waals surface area contributed by atoms with E-state index in [1.165, 1.54) is 7.11 Å². The van der Waals surface area contributed by atoms with Crippen molar-refractivity contribution in [2.45, 2.75) is 0 Å². The highest BCUT2D eigenvalue weighted by Gasteiger charge is 2.13. The maximum atomic E-state index is 11.3. The number of carbonyl (C=O) groups excluding carboxylic acids is 1. The first-order valence-corrected chi connectivity index (χ1v) is 4.34. The van der Waals surface area contributed by atoms with E-state index < -0.39 is 5.97 Å². The molecule has 13 heavy (non-hydrogen) atoms. The Hall–Kier alpha value is -1.16. The van der Waals surface area contributed by atoms with Crippen molar-refractivity contribution in [1.82, 2.24) is 4.98 Å². The lowest BCUT2D eigenvalue weighted by atomic mass is 10.1. The Labute approximate surface area is 84.6 Å². The molecule has 0 aromatic carbocycles. The summed E-state index contributed by atoms with van der Waals surface area (Å²) in [5.41, 5.74) is 1.11. The standard InChI is InChI=1S/C9H8BrNO2/c1-3-6-4-11-5-7(10)8(6)9(12)13-2/h3-5H,1H2,2H3. The highest BCUT2D eigenvalue weighted by molar-refractivity contribution is 9.10. The molecule has 1 heterocycles. The van der Waals surface area contributed by atoms with E-state index in [9.17, 15) is 4.79 Å². The first kappa shape index (κ1) is 9.92. The fourth-order valence-electron chi connectivity index (χ4n) is 0.922. The molecule has 0 saturated carbocycles. The van der Waals surface area contributed by atoms with Gasteiger partial charge >= 0.3 is 5.97 Å². The average Bonchev–Trinajstić information content (AvgIpc) is 2.16. The number of nitrogens with zero attached hydrogens (tertiary/aromatic N) is 1. The van der Waals surface area contributed by atoms with Crippen LogP contribution < -0.4 is 0 Å². The third-order valence-corrected chi connectivity index (χ3v) is 2.14. The zero-order valence-corrected chi connectivity index (χ0v) is 8.67. The Bertz CT molecular complexity index is 349. The number of hydrogen-bond acceptors (Lipinski definition) is 3. The SMILES string of the molecule is C=Cc1cncc(Br)c1C(=O)OC. The van der Waals surface area contributed by atoms with Crippen molar-refractivity contribution < 1.29 is 9.53 Å². The Morgan fingerprint density at radius 2 is 2.38 bits per heavy atom. The summed E-state index contributed by atoms with van der Waals surface area (Å²) in [5.74, 6) is -0.399. The highest BCUT2D eigenvalue weighted by atomic mass is 79.9. The molecule has 3 nitrogen and oxygen atoms in total. The van der Waals surface area contributed by atoms with Gasteiger partial charge in [0.2, 0.25) is 0 Å². The molecule has 0 radical (unpaired) electrons. The summed E-state index contributed by atoms with van der Waals surface area (Å²) in [4.78, 5) is 15.2. The predicted molar refractivity (Wildman–Crippen MR) is 53.4 cm³/mol. The van der Waals surface area contributed by atoms with E-state index in [4.69, 9.17) is 0 Å². The molecule has 0 aliphatic heterocycles. The molecule has 0 aliphatic rings. The Kier molecular flexibility index (Phi) is 3.19. The van der Waals surface area contributed by atoms with Crippen molar-refractivity contribution in [1.29, 1.82) is 0 Å². The number of carbonyl (C=O) groups is 1. The van der Waals surface area contributed by atoms with Gasteiger partial charge in [-0.3, -0.25) is 4.98 Å². The van der Waals surface area contributed by atoms with Crippen molar-refractivity contribution in [2.75, 3.05) is 7.11 Å². The number of hydrogen-bond donors (Lipinski definition) is 0. The van der Waals surface area contributed by atoms with Gasteiger partial charge in [0.25, 0.3) is 0 Å². The molecule has 4 heteroatoms. The first-order chi connectivity index (χ1) is 6.20. The highest BCUT2D eigenvalue weighted by Crippen LogP contribution is 2.20. The molecule has 1 aromatic rings. The molecule has 0 N–H and O–H groups in total. The number of esters is 1. The van der Waals surface area contributed by atoms with E-state index in [0.29, 0.717) is 15.6 Å². The van der Waals surface area contributed by atoms with Gasteiger partial charge in [-0.25, -0.2) is 4.79 Å². The number of pyridine rings is 1. The van der Waals surface area contributed by atoms with Gasteiger partial charge in [0.1, 0.15) is 0 Å². The average molecular weight is 242 g/mol. The maximum absolute atomic E-state index is 11.3. The molecule has 0 saturated heterocycles. The van der Waals surface area contributed by atoms with E-state index in [1.807, 2.05) is 0 Å². The zero-order chi connectivity index (χ0) is 9.84. The molecule has 0 aliphatic carbocycles. The number of methoxy groups -OCH3 is 1. The predicted octanol–water partition coefficient (Wildman–Crippen LogP) is 2.27. The molecule has 0 spiro atoms. The smallest absolute Gasteiger partial charge is 0.339 e. The van der Waals surface area contributed by atoms with Gasteiger partial charge in [-0.2, -0.15) is 0 Å². The van der Waals surface area contributed by atoms with Crippen LogP contribution in [0.5, 0.6) is 0 Å². The molecule has 0 bridgehead atoms. The molecule has 0 unspecified atom stereocenters. The minimum Gasteiger partial charge on any atom is -0.465 e. The molecule has 1 aromatic heterocycles. The number of halogens is 1. The number of ether oxygens (including phenoxy) is 1. The lowest BCUT2D eigenvalue weighted by Gasteiger charge is -2.04. The quantitative estimate of drug-likeness (QED) is 0.746. The van der Waals surface area contributed by atoms with Gasteiger partial charge < -0.3 is 4.74 Å². The second-order valence-electron chi connectivity index (χ2n) is 2.28. The van der Waals surface area contributed by atoms with Crippen LogP contribution in [-0.4, -0.2) is 18.1 Å². The van der Waals surface area contributed by atoms with Crippen LogP contribution in [0.25, 0.3) is 6.08 Å². The zero-order valence-electron chi connectivity index (χ0n) is 7.08. The molecule has 1 rings (SSSR count). The number of rotatable bonds is 2. The summed E-state index contributed by atoms with van der Waals surface area (Å²) in [6.07, 6.45) is 4.66. The van der Waals surface area contributed by atoms with Crippen molar-refractivity contribution in [3.63, 3.8) is 0 Å². The normalized spacial score (nSPS) is 9.38. The third-order valence-electron chi connectivity index (χ3n) is 1.54. The van der Waals surface area contributed by atoms with Gasteiger partial charge in [-0.1, -0.05) is 12.7 Å². The minimum atomic E-state index is -0.399. The Morgan fingerprint density at radius 3 is 2.92 bits per heavy atom.